The molecule has 2 aromatic rings. The minimum atomic E-state index is -1.32. The number of aliphatic hydroxyl groups excluding tert-OH is 1. The number of carbonyl (C=O) groups excluding carboxylic acids is 1. The van der Waals surface area contributed by atoms with Crippen LogP contribution in [0.2, 0.25) is 0 Å². The Bertz CT molecular complexity index is 831. The number of nitrogens with one attached hydrogen (secondary N) is 2. The van der Waals surface area contributed by atoms with E-state index in [9.17, 15) is 18.0 Å². The van der Waals surface area contributed by atoms with Gasteiger partial charge in [-0.25, -0.2) is 18.7 Å². The van der Waals surface area contributed by atoms with Crippen LogP contribution in [0.3, 0.4) is 0 Å². The van der Waals surface area contributed by atoms with Crippen molar-refractivity contribution in [2.24, 2.45) is 5.92 Å². The largest absolute Gasteiger partial charge is 0.394 e. The molecule has 0 saturated carbocycles. The van der Waals surface area contributed by atoms with E-state index in [1.54, 1.807) is 6.07 Å². The molecule has 0 saturated heterocycles. The highest BCUT2D eigenvalue weighted by Crippen LogP contribution is 2.28. The lowest BCUT2D eigenvalue weighted by atomic mass is 9.98. The summed E-state index contributed by atoms with van der Waals surface area (Å²) in [5.74, 6) is -3.65. The summed E-state index contributed by atoms with van der Waals surface area (Å²) < 4.78 is 42.5. The fourth-order valence-electron chi connectivity index (χ4n) is 2.55. The Morgan fingerprint density at radius 3 is 2.57 bits per heavy atom. The lowest BCUT2D eigenvalue weighted by Gasteiger charge is -2.15. The van der Waals surface area contributed by atoms with E-state index in [1.807, 2.05) is 12.4 Å². The molecule has 2 rings (SSSR count). The van der Waals surface area contributed by atoms with Gasteiger partial charge in [0.15, 0.2) is 11.6 Å². The minimum absolute atomic E-state index is 0.0947. The Morgan fingerprint density at radius 2 is 1.93 bits per heavy atom. The summed E-state index contributed by atoms with van der Waals surface area (Å²) in [6, 6.07) is 6.27. The molecule has 8 heteroatoms. The Balaban J connectivity index is 2.29. The van der Waals surface area contributed by atoms with Crippen LogP contribution in [-0.2, 0) is 11.3 Å². The van der Waals surface area contributed by atoms with Crippen LogP contribution in [0.1, 0.15) is 36.2 Å². The molecule has 0 aliphatic heterocycles. The molecule has 0 spiro atoms. The molecule has 2 aromatic carbocycles. The van der Waals surface area contributed by atoms with E-state index >= 15 is 0 Å². The van der Waals surface area contributed by atoms with Gasteiger partial charge in [-0.15, -0.1) is 0 Å². The molecule has 0 bridgehead atoms. The minimum Gasteiger partial charge on any atom is -0.394 e. The van der Waals surface area contributed by atoms with E-state index in [4.69, 9.17) is 9.94 Å². The number of hydrogen-bond acceptors (Lipinski definition) is 4. The maximum absolute atomic E-state index is 14.5. The van der Waals surface area contributed by atoms with Crippen LogP contribution in [0.15, 0.2) is 30.3 Å². The molecule has 0 aliphatic rings. The third-order valence-corrected chi connectivity index (χ3v) is 4.27. The monoisotopic (exact) mass is 396 g/mol. The van der Waals surface area contributed by atoms with Crippen molar-refractivity contribution in [2.45, 2.75) is 26.7 Å². The third kappa shape index (κ3) is 5.46. The van der Waals surface area contributed by atoms with Gasteiger partial charge in [-0.1, -0.05) is 26.3 Å². The summed E-state index contributed by atoms with van der Waals surface area (Å²) in [6.45, 7) is 3.58. The van der Waals surface area contributed by atoms with Gasteiger partial charge in [0.05, 0.1) is 30.2 Å². The number of aliphatic hydroxyl groups is 1. The van der Waals surface area contributed by atoms with Crippen molar-refractivity contribution < 1.29 is 27.9 Å². The molecule has 0 heterocycles. The molecule has 3 N–H and O–H groups in total. The highest BCUT2D eigenvalue weighted by Gasteiger charge is 2.20. The van der Waals surface area contributed by atoms with Crippen molar-refractivity contribution in [3.8, 4) is 0 Å². The highest BCUT2D eigenvalue weighted by molar-refractivity contribution is 5.99. The van der Waals surface area contributed by atoms with Gasteiger partial charge < -0.3 is 10.4 Å². The lowest BCUT2D eigenvalue weighted by molar-refractivity contribution is 0.0168. The highest BCUT2D eigenvalue weighted by atomic mass is 19.2. The molecule has 1 amide bonds. The number of hydroxylamine groups is 1. The summed E-state index contributed by atoms with van der Waals surface area (Å²) in [5, 5.41) is 11.1. The van der Waals surface area contributed by atoms with Gasteiger partial charge in [0.2, 0.25) is 0 Å². The average Bonchev–Trinajstić information content (AvgIpc) is 2.67. The third-order valence-electron chi connectivity index (χ3n) is 4.27. The van der Waals surface area contributed by atoms with E-state index in [0.29, 0.717) is 12.3 Å². The molecule has 152 valence electrons. The first-order chi connectivity index (χ1) is 13.4. The van der Waals surface area contributed by atoms with Crippen molar-refractivity contribution in [1.82, 2.24) is 5.48 Å². The molecule has 28 heavy (non-hydrogen) atoms. The van der Waals surface area contributed by atoms with Gasteiger partial charge in [-0.05, 0) is 42.2 Å². The van der Waals surface area contributed by atoms with Gasteiger partial charge in [-0.2, -0.15) is 0 Å². The van der Waals surface area contributed by atoms with Gasteiger partial charge >= 0.3 is 0 Å². The fraction of sp³-hybridized carbons (Fsp3) is 0.350. The second-order valence-electron chi connectivity index (χ2n) is 6.44. The van der Waals surface area contributed by atoms with Crippen molar-refractivity contribution in [3.05, 3.63) is 58.9 Å². The maximum atomic E-state index is 14.5. The predicted octanol–water partition coefficient (Wildman–Crippen LogP) is 4.09. The van der Waals surface area contributed by atoms with Crippen LogP contribution >= 0.6 is 0 Å². The maximum Gasteiger partial charge on any atom is 0.277 e. The second kappa shape index (κ2) is 10.1. The number of amides is 1. The normalized spacial score (nSPS) is 11.9. The summed E-state index contributed by atoms with van der Waals surface area (Å²) in [7, 11) is 0. The van der Waals surface area contributed by atoms with Crippen LogP contribution in [-0.4, -0.2) is 24.2 Å². The number of rotatable bonds is 9. The summed E-state index contributed by atoms with van der Waals surface area (Å²) in [6.07, 6.45) is 1.64. The van der Waals surface area contributed by atoms with Crippen LogP contribution in [0.25, 0.3) is 0 Å². The fourth-order valence-corrected chi connectivity index (χ4v) is 2.55. The zero-order valence-electron chi connectivity index (χ0n) is 15.7. The smallest absolute Gasteiger partial charge is 0.277 e. The molecular weight excluding hydrogens is 373 g/mol. The Morgan fingerprint density at radius 1 is 1.18 bits per heavy atom. The van der Waals surface area contributed by atoms with Crippen LogP contribution in [0.4, 0.5) is 24.5 Å². The SMILES string of the molecule is CC[C@H](C)Cc1ccc(Nc2c(C(=O)NOCCO)ccc(F)c2F)c(F)c1. The Hall–Kier alpha value is -2.58. The summed E-state index contributed by atoms with van der Waals surface area (Å²) in [4.78, 5) is 16.8. The van der Waals surface area contributed by atoms with Crippen molar-refractivity contribution in [3.63, 3.8) is 0 Å². The van der Waals surface area contributed by atoms with Crippen molar-refractivity contribution >= 4 is 17.3 Å². The van der Waals surface area contributed by atoms with Crippen LogP contribution in [0.5, 0.6) is 0 Å². The topological polar surface area (TPSA) is 70.6 Å². The molecule has 0 unspecified atom stereocenters. The number of benzene rings is 2. The van der Waals surface area contributed by atoms with E-state index in [1.165, 1.54) is 12.1 Å². The van der Waals surface area contributed by atoms with Crippen molar-refractivity contribution in [1.29, 1.82) is 0 Å². The van der Waals surface area contributed by atoms with Gasteiger partial charge in [-0.3, -0.25) is 9.63 Å². The van der Waals surface area contributed by atoms with Crippen LogP contribution < -0.4 is 10.8 Å². The molecule has 0 aromatic heterocycles. The predicted molar refractivity (Wildman–Crippen MR) is 99.7 cm³/mol. The van der Waals surface area contributed by atoms with Gasteiger partial charge in [0, 0.05) is 0 Å². The Labute approximate surface area is 161 Å². The summed E-state index contributed by atoms with van der Waals surface area (Å²) in [5.41, 5.74) is 1.90. The van der Waals surface area contributed by atoms with E-state index in [2.05, 4.69) is 12.2 Å². The Kier molecular flexibility index (Phi) is 7.83. The van der Waals surface area contributed by atoms with Crippen LogP contribution in [0, 0.1) is 23.4 Å². The van der Waals surface area contributed by atoms with Crippen molar-refractivity contribution in [2.75, 3.05) is 18.5 Å². The number of carbonyl (C=O) groups is 1. The van der Waals surface area contributed by atoms with Gasteiger partial charge in [0.25, 0.3) is 5.91 Å². The summed E-state index contributed by atoms with van der Waals surface area (Å²) >= 11 is 0. The molecule has 0 aliphatic carbocycles. The number of hydrogen-bond donors (Lipinski definition) is 3. The molecular formula is C20H23F3N2O3. The quantitative estimate of drug-likeness (QED) is 0.441. The number of halogens is 3. The van der Waals surface area contributed by atoms with E-state index < -0.39 is 29.0 Å². The van der Waals surface area contributed by atoms with E-state index in [-0.39, 0.29) is 24.5 Å². The zero-order chi connectivity index (χ0) is 20.7. The first-order valence-corrected chi connectivity index (χ1v) is 8.93. The molecule has 0 radical (unpaired) electrons. The first-order valence-electron chi connectivity index (χ1n) is 8.93. The molecule has 1 atom stereocenters. The lowest BCUT2D eigenvalue weighted by Crippen LogP contribution is -2.26. The average molecular weight is 396 g/mol. The standard InChI is InChI=1S/C20H23F3N2O3/c1-3-12(2)10-13-4-7-17(16(22)11-13)24-19-14(5-6-15(21)18(19)23)20(27)25-28-9-8-26/h4-7,11-12,24,26H,3,8-10H2,1-2H3,(H,25,27)/t12-/m0/s1. The first kappa shape index (κ1) is 21.7. The van der Waals surface area contributed by atoms with E-state index in [0.717, 1.165) is 24.1 Å². The number of anilines is 2. The van der Waals surface area contributed by atoms with Gasteiger partial charge in [0.1, 0.15) is 5.82 Å². The molecule has 5 nitrogen and oxygen atoms in total. The molecule has 0 fully saturated rings. The second-order valence-corrected chi connectivity index (χ2v) is 6.44. The zero-order valence-corrected chi connectivity index (χ0v) is 15.7.